The van der Waals surface area contributed by atoms with Crippen molar-refractivity contribution < 1.29 is 0 Å². The van der Waals surface area contributed by atoms with E-state index in [0.717, 1.165) is 11.2 Å². The number of pyridine rings is 1. The summed E-state index contributed by atoms with van der Waals surface area (Å²) in [6, 6.07) is 29.2. The summed E-state index contributed by atoms with van der Waals surface area (Å²) in [6.45, 7) is 4.62. The lowest BCUT2D eigenvalue weighted by atomic mass is 9.70. The Hall–Kier alpha value is -2.93. The monoisotopic (exact) mass is 461 g/mol. The van der Waals surface area contributed by atoms with Crippen molar-refractivity contribution in [2.24, 2.45) is 0 Å². The number of nitrogens with zero attached hydrogens (tertiary/aromatic N) is 1. The molecule has 0 unspecified atom stereocenters. The summed E-state index contributed by atoms with van der Waals surface area (Å²) in [5, 5.41) is 1.20. The highest BCUT2D eigenvalue weighted by molar-refractivity contribution is 5.85. The van der Waals surface area contributed by atoms with Crippen LogP contribution >= 0.6 is 0 Å². The van der Waals surface area contributed by atoms with Gasteiger partial charge in [-0.25, -0.2) is 4.98 Å². The molecular formula is C34H39N. The van der Waals surface area contributed by atoms with Crippen LogP contribution < -0.4 is 0 Å². The second-order valence-corrected chi connectivity index (χ2v) is 10.4. The molecule has 35 heavy (non-hydrogen) atoms. The van der Waals surface area contributed by atoms with Crippen molar-refractivity contribution >= 4 is 10.9 Å². The maximum atomic E-state index is 5.04. The minimum Gasteiger partial charge on any atom is -0.248 e. The Bertz CT molecular complexity index is 1270. The fourth-order valence-electron chi connectivity index (χ4n) is 6.21. The second-order valence-electron chi connectivity index (χ2n) is 10.4. The lowest BCUT2D eigenvalue weighted by Gasteiger charge is -2.33. The Kier molecular flexibility index (Phi) is 7.32. The largest absolute Gasteiger partial charge is 0.248 e. The molecule has 1 aliphatic rings. The molecule has 4 aromatic rings. The van der Waals surface area contributed by atoms with Crippen molar-refractivity contribution in [3.63, 3.8) is 0 Å². The molecule has 0 fully saturated rings. The number of para-hydroxylation sites is 1. The number of unbranched alkanes of at least 4 members (excludes halogenated alkanes) is 6. The highest BCUT2D eigenvalue weighted by Crippen LogP contribution is 2.54. The van der Waals surface area contributed by atoms with Gasteiger partial charge >= 0.3 is 0 Å². The van der Waals surface area contributed by atoms with Crippen LogP contribution in [0.4, 0.5) is 0 Å². The summed E-state index contributed by atoms with van der Waals surface area (Å²) in [4.78, 5) is 5.04. The molecule has 0 bridgehead atoms. The first-order valence-corrected chi connectivity index (χ1v) is 13.9. The van der Waals surface area contributed by atoms with Gasteiger partial charge < -0.3 is 0 Å². The van der Waals surface area contributed by atoms with Gasteiger partial charge in [0.25, 0.3) is 0 Å². The van der Waals surface area contributed by atoms with Crippen LogP contribution in [0.25, 0.3) is 33.3 Å². The average Bonchev–Trinajstić information content (AvgIpc) is 3.18. The summed E-state index contributed by atoms with van der Waals surface area (Å²) in [7, 11) is 0. The van der Waals surface area contributed by atoms with E-state index in [-0.39, 0.29) is 5.41 Å². The molecule has 0 amide bonds. The van der Waals surface area contributed by atoms with E-state index >= 15 is 0 Å². The Morgan fingerprint density at radius 1 is 0.600 bits per heavy atom. The van der Waals surface area contributed by atoms with Crippen LogP contribution in [-0.2, 0) is 5.41 Å². The number of hydrogen-bond acceptors (Lipinski definition) is 1. The standard InChI is InChI=1S/C34H39N/c1-3-5-7-13-23-34(24-14-8-6-4-2)30-17-11-10-16-28(30)29-21-19-27(25-31(29)34)33-22-20-26-15-9-12-18-32(26)35-33/h9-12,15-22,25H,3-8,13-14,23-24H2,1-2H3. The first kappa shape index (κ1) is 23.8. The molecule has 1 nitrogen and oxygen atoms in total. The van der Waals surface area contributed by atoms with Crippen LogP contribution in [0.1, 0.15) is 89.2 Å². The number of hydrogen-bond donors (Lipinski definition) is 0. The molecule has 1 heterocycles. The van der Waals surface area contributed by atoms with Gasteiger partial charge in [0, 0.05) is 16.4 Å². The number of fused-ring (bicyclic) bond motifs is 4. The molecule has 0 N–H and O–H groups in total. The van der Waals surface area contributed by atoms with Crippen LogP contribution in [0.15, 0.2) is 78.9 Å². The van der Waals surface area contributed by atoms with E-state index in [0.29, 0.717) is 0 Å². The quantitative estimate of drug-likeness (QED) is 0.202. The van der Waals surface area contributed by atoms with Gasteiger partial charge in [-0.05, 0) is 53.3 Å². The minimum atomic E-state index is 0.125. The van der Waals surface area contributed by atoms with E-state index in [2.05, 4.69) is 92.7 Å². The zero-order chi connectivity index (χ0) is 24.1. The van der Waals surface area contributed by atoms with Crippen LogP contribution in [0.5, 0.6) is 0 Å². The molecule has 0 saturated heterocycles. The molecule has 5 rings (SSSR count). The van der Waals surface area contributed by atoms with E-state index in [1.165, 1.54) is 86.3 Å². The van der Waals surface area contributed by atoms with Crippen molar-refractivity contribution in [3.8, 4) is 22.4 Å². The molecule has 0 atom stereocenters. The average molecular weight is 462 g/mol. The Balaban J connectivity index is 1.59. The van der Waals surface area contributed by atoms with Gasteiger partial charge in [-0.1, -0.05) is 126 Å². The van der Waals surface area contributed by atoms with Crippen LogP contribution in [-0.4, -0.2) is 4.98 Å². The van der Waals surface area contributed by atoms with Crippen molar-refractivity contribution in [1.82, 2.24) is 4.98 Å². The molecule has 0 spiro atoms. The van der Waals surface area contributed by atoms with Crippen molar-refractivity contribution in [3.05, 3.63) is 90.0 Å². The lowest BCUT2D eigenvalue weighted by Crippen LogP contribution is -2.25. The van der Waals surface area contributed by atoms with Crippen molar-refractivity contribution in [2.45, 2.75) is 83.5 Å². The minimum absolute atomic E-state index is 0.125. The first-order chi connectivity index (χ1) is 17.3. The van der Waals surface area contributed by atoms with Gasteiger partial charge in [0.1, 0.15) is 0 Å². The maximum Gasteiger partial charge on any atom is 0.0709 e. The highest BCUT2D eigenvalue weighted by atomic mass is 14.7. The number of rotatable bonds is 11. The van der Waals surface area contributed by atoms with Gasteiger partial charge in [0.05, 0.1) is 11.2 Å². The van der Waals surface area contributed by atoms with E-state index in [1.807, 2.05) is 0 Å². The predicted octanol–water partition coefficient (Wildman–Crippen LogP) is 10.1. The number of benzene rings is 3. The molecule has 180 valence electrons. The third-order valence-corrected chi connectivity index (χ3v) is 8.08. The zero-order valence-electron chi connectivity index (χ0n) is 21.5. The zero-order valence-corrected chi connectivity index (χ0v) is 21.5. The summed E-state index contributed by atoms with van der Waals surface area (Å²) >= 11 is 0. The second kappa shape index (κ2) is 10.8. The summed E-state index contributed by atoms with van der Waals surface area (Å²) in [6.07, 6.45) is 13.0. The fourth-order valence-corrected chi connectivity index (χ4v) is 6.21. The Morgan fingerprint density at radius 2 is 1.29 bits per heavy atom. The van der Waals surface area contributed by atoms with E-state index in [4.69, 9.17) is 4.98 Å². The van der Waals surface area contributed by atoms with Crippen molar-refractivity contribution in [1.29, 1.82) is 0 Å². The molecular weight excluding hydrogens is 422 g/mol. The lowest BCUT2D eigenvalue weighted by molar-refractivity contribution is 0.401. The van der Waals surface area contributed by atoms with Gasteiger partial charge in [0.15, 0.2) is 0 Å². The highest BCUT2D eigenvalue weighted by Gasteiger charge is 2.42. The molecule has 0 saturated carbocycles. The molecule has 0 aliphatic heterocycles. The molecule has 3 aromatic carbocycles. The van der Waals surface area contributed by atoms with Gasteiger partial charge in [0.2, 0.25) is 0 Å². The van der Waals surface area contributed by atoms with Gasteiger partial charge in [-0.3, -0.25) is 0 Å². The Labute approximate surface area is 211 Å². The smallest absolute Gasteiger partial charge is 0.0709 e. The summed E-state index contributed by atoms with van der Waals surface area (Å²) in [5.41, 5.74) is 9.51. The van der Waals surface area contributed by atoms with Gasteiger partial charge in [-0.15, -0.1) is 0 Å². The molecule has 0 radical (unpaired) electrons. The third kappa shape index (κ3) is 4.66. The molecule has 1 aromatic heterocycles. The topological polar surface area (TPSA) is 12.9 Å². The SMILES string of the molecule is CCCCCCC1(CCCCCC)c2ccccc2-c2ccc(-c3ccc4ccccc4n3)cc21. The molecule has 1 heteroatoms. The van der Waals surface area contributed by atoms with E-state index in [9.17, 15) is 0 Å². The van der Waals surface area contributed by atoms with Crippen LogP contribution in [0.3, 0.4) is 0 Å². The maximum absolute atomic E-state index is 5.04. The van der Waals surface area contributed by atoms with E-state index < -0.39 is 0 Å². The summed E-state index contributed by atoms with van der Waals surface area (Å²) in [5.74, 6) is 0. The fraction of sp³-hybridized carbons (Fsp3) is 0.382. The summed E-state index contributed by atoms with van der Waals surface area (Å²) < 4.78 is 0. The van der Waals surface area contributed by atoms with Crippen molar-refractivity contribution in [2.75, 3.05) is 0 Å². The van der Waals surface area contributed by atoms with Gasteiger partial charge in [-0.2, -0.15) is 0 Å². The number of aromatic nitrogens is 1. The van der Waals surface area contributed by atoms with Crippen LogP contribution in [0, 0.1) is 0 Å². The predicted molar refractivity (Wildman–Crippen MR) is 151 cm³/mol. The Morgan fingerprint density at radius 3 is 2.06 bits per heavy atom. The third-order valence-electron chi connectivity index (χ3n) is 8.08. The first-order valence-electron chi connectivity index (χ1n) is 13.9. The molecule has 1 aliphatic carbocycles. The van der Waals surface area contributed by atoms with E-state index in [1.54, 1.807) is 11.1 Å². The van der Waals surface area contributed by atoms with Crippen LogP contribution in [0.2, 0.25) is 0 Å². The normalized spacial score (nSPS) is 13.7.